The SMILES string of the molecule is C/C=C/COc1cc(C)c(OCCCCCOc2cnc(C=NOC)nc2)c(C)c1. The second-order valence-corrected chi connectivity index (χ2v) is 6.72. The van der Waals surface area contributed by atoms with Gasteiger partial charge in [0, 0.05) is 0 Å². The van der Waals surface area contributed by atoms with Crippen LogP contribution in [0.4, 0.5) is 0 Å². The molecule has 2 aromatic rings. The third kappa shape index (κ3) is 8.11. The summed E-state index contributed by atoms with van der Waals surface area (Å²) in [6.07, 6.45) is 11.6. The van der Waals surface area contributed by atoms with E-state index in [1.165, 1.54) is 13.3 Å². The maximum atomic E-state index is 6.01. The molecule has 1 aromatic heterocycles. The number of nitrogens with zero attached hydrogens (tertiary/aromatic N) is 3. The number of allylic oxidation sites excluding steroid dienone is 1. The summed E-state index contributed by atoms with van der Waals surface area (Å²) in [4.78, 5) is 12.8. The minimum Gasteiger partial charge on any atom is -0.493 e. The van der Waals surface area contributed by atoms with E-state index in [0.717, 1.165) is 41.9 Å². The predicted octanol–water partition coefficient (Wildman–Crippen LogP) is 4.66. The quantitative estimate of drug-likeness (QED) is 0.206. The highest BCUT2D eigenvalue weighted by molar-refractivity contribution is 5.73. The van der Waals surface area contributed by atoms with E-state index < -0.39 is 0 Å². The molecule has 0 radical (unpaired) electrons. The molecule has 2 rings (SSSR count). The van der Waals surface area contributed by atoms with Gasteiger partial charge in [-0.3, -0.25) is 0 Å². The molecule has 0 saturated carbocycles. The number of aryl methyl sites for hydroxylation is 2. The molecule has 0 saturated heterocycles. The summed E-state index contributed by atoms with van der Waals surface area (Å²) in [5, 5.41) is 3.62. The van der Waals surface area contributed by atoms with Crippen LogP contribution < -0.4 is 14.2 Å². The Kier molecular flexibility index (Phi) is 10.2. The van der Waals surface area contributed by atoms with Crippen LogP contribution in [0.15, 0.2) is 41.8 Å². The van der Waals surface area contributed by atoms with Crippen LogP contribution in [0.5, 0.6) is 17.2 Å². The molecule has 0 fully saturated rings. The molecule has 0 amide bonds. The summed E-state index contributed by atoms with van der Waals surface area (Å²) in [6.45, 7) is 7.95. The normalized spacial score (nSPS) is 11.2. The first-order valence-corrected chi connectivity index (χ1v) is 10.1. The van der Waals surface area contributed by atoms with Crippen LogP contribution in [-0.2, 0) is 4.84 Å². The molecule has 162 valence electrons. The largest absolute Gasteiger partial charge is 0.493 e. The molecule has 0 aliphatic rings. The van der Waals surface area contributed by atoms with E-state index in [0.29, 0.717) is 31.4 Å². The summed E-state index contributed by atoms with van der Waals surface area (Å²) >= 11 is 0. The standard InChI is InChI=1S/C23H31N3O4/c1-5-6-10-28-20-13-18(2)23(19(3)14-20)30-12-9-7-8-11-29-21-15-24-22(25-16-21)17-26-27-4/h5-6,13-17H,7-12H2,1-4H3/b6-5+,26-17?. The Morgan fingerprint density at radius 2 is 1.57 bits per heavy atom. The zero-order valence-electron chi connectivity index (χ0n) is 18.3. The summed E-state index contributed by atoms with van der Waals surface area (Å²) in [7, 11) is 1.47. The van der Waals surface area contributed by atoms with Gasteiger partial charge in [0.1, 0.15) is 31.4 Å². The second-order valence-electron chi connectivity index (χ2n) is 6.72. The molecular weight excluding hydrogens is 382 g/mol. The monoisotopic (exact) mass is 413 g/mol. The van der Waals surface area contributed by atoms with E-state index in [9.17, 15) is 0 Å². The zero-order chi connectivity index (χ0) is 21.6. The van der Waals surface area contributed by atoms with Gasteiger partial charge in [-0.25, -0.2) is 9.97 Å². The van der Waals surface area contributed by atoms with Gasteiger partial charge in [0.05, 0.1) is 25.6 Å². The number of aromatic nitrogens is 2. The molecule has 1 heterocycles. The van der Waals surface area contributed by atoms with Crippen LogP contribution in [-0.4, -0.2) is 43.1 Å². The van der Waals surface area contributed by atoms with Gasteiger partial charge >= 0.3 is 0 Å². The van der Waals surface area contributed by atoms with Crippen molar-refractivity contribution in [2.24, 2.45) is 5.16 Å². The van der Waals surface area contributed by atoms with Crippen LogP contribution in [0.3, 0.4) is 0 Å². The topological polar surface area (TPSA) is 75.1 Å². The Morgan fingerprint density at radius 3 is 2.20 bits per heavy atom. The van der Waals surface area contributed by atoms with E-state index >= 15 is 0 Å². The number of rotatable bonds is 13. The highest BCUT2D eigenvalue weighted by Crippen LogP contribution is 2.28. The highest BCUT2D eigenvalue weighted by Gasteiger charge is 2.07. The lowest BCUT2D eigenvalue weighted by Gasteiger charge is -2.14. The van der Waals surface area contributed by atoms with Gasteiger partial charge in [-0.2, -0.15) is 0 Å². The fourth-order valence-electron chi connectivity index (χ4n) is 2.77. The molecule has 0 unspecified atom stereocenters. The van der Waals surface area contributed by atoms with Gasteiger partial charge in [0.2, 0.25) is 0 Å². The van der Waals surface area contributed by atoms with Crippen LogP contribution in [0.2, 0.25) is 0 Å². The predicted molar refractivity (Wildman–Crippen MR) is 118 cm³/mol. The van der Waals surface area contributed by atoms with Crippen LogP contribution in [0.25, 0.3) is 0 Å². The maximum absolute atomic E-state index is 6.01. The van der Waals surface area contributed by atoms with Crippen molar-refractivity contribution in [3.8, 4) is 17.2 Å². The lowest BCUT2D eigenvalue weighted by Crippen LogP contribution is -2.04. The number of ether oxygens (including phenoxy) is 3. The molecule has 1 aromatic carbocycles. The molecule has 0 spiro atoms. The molecule has 7 heteroatoms. The molecule has 0 aliphatic carbocycles. The third-order valence-corrected chi connectivity index (χ3v) is 4.24. The van der Waals surface area contributed by atoms with E-state index in [2.05, 4.69) is 20.0 Å². The fraction of sp³-hybridized carbons (Fsp3) is 0.435. The number of unbranched alkanes of at least 4 members (excludes halogenated alkanes) is 2. The summed E-state index contributed by atoms with van der Waals surface area (Å²) in [6, 6.07) is 4.04. The first kappa shape index (κ1) is 23.2. The lowest BCUT2D eigenvalue weighted by atomic mass is 10.1. The average Bonchev–Trinajstić information content (AvgIpc) is 2.74. The van der Waals surface area contributed by atoms with Crippen molar-refractivity contribution in [1.29, 1.82) is 0 Å². The van der Waals surface area contributed by atoms with Gasteiger partial charge in [-0.1, -0.05) is 17.3 Å². The van der Waals surface area contributed by atoms with Crippen molar-refractivity contribution >= 4 is 6.21 Å². The zero-order valence-corrected chi connectivity index (χ0v) is 18.3. The van der Waals surface area contributed by atoms with Crippen molar-refractivity contribution in [2.75, 3.05) is 26.9 Å². The van der Waals surface area contributed by atoms with Crippen molar-refractivity contribution < 1.29 is 19.0 Å². The Morgan fingerprint density at radius 1 is 0.900 bits per heavy atom. The summed E-state index contributed by atoms with van der Waals surface area (Å²) in [5.74, 6) is 2.93. The smallest absolute Gasteiger partial charge is 0.174 e. The molecule has 0 atom stereocenters. The van der Waals surface area contributed by atoms with Crippen molar-refractivity contribution in [2.45, 2.75) is 40.0 Å². The van der Waals surface area contributed by atoms with E-state index in [-0.39, 0.29) is 0 Å². The Hall–Kier alpha value is -3.09. The molecule has 30 heavy (non-hydrogen) atoms. The van der Waals surface area contributed by atoms with Crippen molar-refractivity contribution in [1.82, 2.24) is 9.97 Å². The van der Waals surface area contributed by atoms with Gasteiger partial charge in [0.25, 0.3) is 0 Å². The van der Waals surface area contributed by atoms with E-state index in [1.54, 1.807) is 12.4 Å². The Bertz CT molecular complexity index is 797. The van der Waals surface area contributed by atoms with Gasteiger partial charge in [-0.05, 0) is 63.3 Å². The average molecular weight is 414 g/mol. The maximum Gasteiger partial charge on any atom is 0.174 e. The van der Waals surface area contributed by atoms with Crippen molar-refractivity contribution in [3.05, 3.63) is 53.6 Å². The highest BCUT2D eigenvalue weighted by atomic mass is 16.6. The Labute approximate surface area is 178 Å². The van der Waals surface area contributed by atoms with Gasteiger partial charge in [0.15, 0.2) is 11.6 Å². The molecule has 7 nitrogen and oxygen atoms in total. The lowest BCUT2D eigenvalue weighted by molar-refractivity contribution is 0.215. The molecule has 0 N–H and O–H groups in total. The Balaban J connectivity index is 1.65. The van der Waals surface area contributed by atoms with Crippen molar-refractivity contribution in [3.63, 3.8) is 0 Å². The van der Waals surface area contributed by atoms with E-state index in [1.807, 2.05) is 45.1 Å². The number of hydrogen-bond donors (Lipinski definition) is 0. The molecule has 0 bridgehead atoms. The fourth-order valence-corrected chi connectivity index (χ4v) is 2.77. The third-order valence-electron chi connectivity index (χ3n) is 4.24. The first-order chi connectivity index (χ1) is 14.6. The first-order valence-electron chi connectivity index (χ1n) is 10.1. The van der Waals surface area contributed by atoms with Crippen LogP contribution in [0, 0.1) is 13.8 Å². The second kappa shape index (κ2) is 13.2. The molecule has 0 aliphatic heterocycles. The van der Waals surface area contributed by atoms with Gasteiger partial charge in [-0.15, -0.1) is 0 Å². The molecular formula is C23H31N3O4. The number of benzene rings is 1. The minimum absolute atomic E-state index is 0.476. The number of oxime groups is 1. The van der Waals surface area contributed by atoms with E-state index in [4.69, 9.17) is 14.2 Å². The summed E-state index contributed by atoms with van der Waals surface area (Å²) in [5.41, 5.74) is 2.18. The minimum atomic E-state index is 0.476. The number of hydrogen-bond acceptors (Lipinski definition) is 7. The summed E-state index contributed by atoms with van der Waals surface area (Å²) < 4.78 is 17.4. The van der Waals surface area contributed by atoms with Crippen LogP contribution in [0.1, 0.15) is 43.1 Å². The van der Waals surface area contributed by atoms with Gasteiger partial charge < -0.3 is 19.0 Å². The van der Waals surface area contributed by atoms with Crippen LogP contribution >= 0.6 is 0 Å².